The van der Waals surface area contributed by atoms with Crippen molar-refractivity contribution in [1.29, 1.82) is 0 Å². The minimum atomic E-state index is -0.218. The fraction of sp³-hybridized carbons (Fsp3) is 0.294. The van der Waals surface area contributed by atoms with Crippen LogP contribution in [-0.4, -0.2) is 30.4 Å². The fourth-order valence-corrected chi connectivity index (χ4v) is 2.30. The molecule has 0 unspecified atom stereocenters. The van der Waals surface area contributed by atoms with Gasteiger partial charge in [-0.2, -0.15) is 5.10 Å². The van der Waals surface area contributed by atoms with Gasteiger partial charge >= 0.3 is 0 Å². The summed E-state index contributed by atoms with van der Waals surface area (Å²) in [5.74, 6) is -0.218. The van der Waals surface area contributed by atoms with Gasteiger partial charge in [0.25, 0.3) is 5.91 Å². The molecule has 0 aliphatic heterocycles. The average Bonchev–Trinajstić information content (AvgIpc) is 2.80. The molecule has 0 fully saturated rings. The maximum Gasteiger partial charge on any atom is 0.271 e. The number of hydrazone groups is 1. The number of ether oxygens (including phenoxy) is 1. The number of carbonyl (C=O) groups excluding carboxylic acids is 1. The SMILES string of the molecule is COCCn1c(C)cc(/C=N/NC(=O)c2ccccc2)c1C. The highest BCUT2D eigenvalue weighted by molar-refractivity contribution is 5.94. The Morgan fingerprint density at radius 2 is 2.05 bits per heavy atom. The highest BCUT2D eigenvalue weighted by atomic mass is 16.5. The second-order valence-electron chi connectivity index (χ2n) is 5.04. The Labute approximate surface area is 130 Å². The van der Waals surface area contributed by atoms with E-state index in [4.69, 9.17) is 4.74 Å². The number of methoxy groups -OCH3 is 1. The molecule has 2 aromatic rings. The largest absolute Gasteiger partial charge is 0.383 e. The Morgan fingerprint density at radius 3 is 2.73 bits per heavy atom. The summed E-state index contributed by atoms with van der Waals surface area (Å²) in [6, 6.07) is 11.1. The van der Waals surface area contributed by atoms with Crippen molar-refractivity contribution in [2.45, 2.75) is 20.4 Å². The van der Waals surface area contributed by atoms with Crippen molar-refractivity contribution < 1.29 is 9.53 Å². The first-order chi connectivity index (χ1) is 10.6. The van der Waals surface area contributed by atoms with E-state index in [0.717, 1.165) is 23.5 Å². The van der Waals surface area contributed by atoms with E-state index in [0.29, 0.717) is 12.2 Å². The van der Waals surface area contributed by atoms with Crippen LogP contribution < -0.4 is 5.43 Å². The van der Waals surface area contributed by atoms with Crippen LogP contribution in [0.25, 0.3) is 0 Å². The van der Waals surface area contributed by atoms with E-state index in [1.54, 1.807) is 25.5 Å². The van der Waals surface area contributed by atoms with Crippen LogP contribution in [0.5, 0.6) is 0 Å². The predicted octanol–water partition coefficient (Wildman–Crippen LogP) is 2.52. The van der Waals surface area contributed by atoms with Crippen molar-refractivity contribution >= 4 is 12.1 Å². The number of hydrogen-bond donors (Lipinski definition) is 1. The Balaban J connectivity index is 2.03. The maximum absolute atomic E-state index is 11.9. The molecule has 22 heavy (non-hydrogen) atoms. The van der Waals surface area contributed by atoms with E-state index in [9.17, 15) is 4.79 Å². The molecule has 1 aromatic carbocycles. The maximum atomic E-state index is 11.9. The van der Waals surface area contributed by atoms with Crippen molar-refractivity contribution in [2.24, 2.45) is 5.10 Å². The predicted molar refractivity (Wildman–Crippen MR) is 87.3 cm³/mol. The molecule has 5 nitrogen and oxygen atoms in total. The summed E-state index contributed by atoms with van der Waals surface area (Å²) in [5.41, 5.74) is 6.37. The lowest BCUT2D eigenvalue weighted by molar-refractivity contribution is 0.0955. The Kier molecular flexibility index (Phi) is 5.49. The number of amides is 1. The smallest absolute Gasteiger partial charge is 0.271 e. The number of nitrogens with one attached hydrogen (secondary N) is 1. The van der Waals surface area contributed by atoms with E-state index >= 15 is 0 Å². The molecule has 0 atom stereocenters. The molecule has 116 valence electrons. The average molecular weight is 299 g/mol. The minimum Gasteiger partial charge on any atom is -0.383 e. The second kappa shape index (κ2) is 7.56. The number of aryl methyl sites for hydroxylation is 1. The zero-order valence-corrected chi connectivity index (χ0v) is 13.2. The molecule has 0 bridgehead atoms. The van der Waals surface area contributed by atoms with E-state index in [1.807, 2.05) is 38.1 Å². The molecule has 0 saturated heterocycles. The van der Waals surface area contributed by atoms with Gasteiger partial charge in [-0.05, 0) is 32.0 Å². The van der Waals surface area contributed by atoms with Gasteiger partial charge in [0.05, 0.1) is 12.8 Å². The number of aromatic nitrogens is 1. The van der Waals surface area contributed by atoms with Crippen molar-refractivity contribution in [2.75, 3.05) is 13.7 Å². The third-order valence-electron chi connectivity index (χ3n) is 3.54. The topological polar surface area (TPSA) is 55.6 Å². The van der Waals surface area contributed by atoms with Gasteiger partial charge in [-0.1, -0.05) is 18.2 Å². The van der Waals surface area contributed by atoms with Crippen LogP contribution in [-0.2, 0) is 11.3 Å². The summed E-state index contributed by atoms with van der Waals surface area (Å²) in [4.78, 5) is 11.9. The van der Waals surface area contributed by atoms with Crippen LogP contribution in [0, 0.1) is 13.8 Å². The molecule has 0 saturated carbocycles. The van der Waals surface area contributed by atoms with E-state index < -0.39 is 0 Å². The van der Waals surface area contributed by atoms with Crippen LogP contribution >= 0.6 is 0 Å². The fourth-order valence-electron chi connectivity index (χ4n) is 2.30. The second-order valence-corrected chi connectivity index (χ2v) is 5.04. The number of nitrogens with zero attached hydrogens (tertiary/aromatic N) is 2. The molecule has 2 rings (SSSR count). The first kappa shape index (κ1) is 16.0. The number of hydrogen-bond acceptors (Lipinski definition) is 3. The van der Waals surface area contributed by atoms with Crippen LogP contribution in [0.1, 0.15) is 27.3 Å². The molecule has 1 N–H and O–H groups in total. The molecule has 1 amide bonds. The van der Waals surface area contributed by atoms with Crippen molar-refractivity contribution in [3.8, 4) is 0 Å². The van der Waals surface area contributed by atoms with Gasteiger partial charge in [-0.15, -0.1) is 0 Å². The molecule has 0 aliphatic carbocycles. The van der Waals surface area contributed by atoms with Gasteiger partial charge in [0.15, 0.2) is 0 Å². The standard InChI is InChI=1S/C17H21N3O2/c1-13-11-16(14(2)20(13)9-10-22-3)12-18-19-17(21)15-7-5-4-6-8-15/h4-8,11-12H,9-10H2,1-3H3,(H,19,21)/b18-12+. The normalized spacial score (nSPS) is 11.0. The van der Waals surface area contributed by atoms with E-state index in [1.165, 1.54) is 0 Å². The summed E-state index contributed by atoms with van der Waals surface area (Å²) < 4.78 is 7.29. The van der Waals surface area contributed by atoms with Crippen molar-refractivity contribution in [3.05, 3.63) is 58.9 Å². The number of benzene rings is 1. The van der Waals surface area contributed by atoms with Crippen LogP contribution in [0.15, 0.2) is 41.5 Å². The summed E-state index contributed by atoms with van der Waals surface area (Å²) in [6.45, 7) is 5.54. The van der Waals surface area contributed by atoms with Crippen LogP contribution in [0.3, 0.4) is 0 Å². The van der Waals surface area contributed by atoms with Gasteiger partial charge in [-0.3, -0.25) is 4.79 Å². The van der Waals surface area contributed by atoms with Gasteiger partial charge in [0.1, 0.15) is 0 Å². The van der Waals surface area contributed by atoms with Gasteiger partial charge in [0.2, 0.25) is 0 Å². The van der Waals surface area contributed by atoms with Crippen LogP contribution in [0.2, 0.25) is 0 Å². The zero-order valence-electron chi connectivity index (χ0n) is 13.2. The summed E-state index contributed by atoms with van der Waals surface area (Å²) in [7, 11) is 1.69. The van der Waals surface area contributed by atoms with Gasteiger partial charge in [-0.25, -0.2) is 5.43 Å². The molecule has 5 heteroatoms. The first-order valence-electron chi connectivity index (χ1n) is 7.17. The highest BCUT2D eigenvalue weighted by Crippen LogP contribution is 2.13. The third-order valence-corrected chi connectivity index (χ3v) is 3.54. The molecular formula is C17H21N3O2. The van der Waals surface area contributed by atoms with Gasteiger partial charge < -0.3 is 9.30 Å². The molecule has 0 radical (unpaired) electrons. The van der Waals surface area contributed by atoms with E-state index in [-0.39, 0.29) is 5.91 Å². The first-order valence-corrected chi connectivity index (χ1v) is 7.17. The van der Waals surface area contributed by atoms with E-state index in [2.05, 4.69) is 15.1 Å². The Hall–Kier alpha value is -2.40. The minimum absolute atomic E-state index is 0.218. The molecule has 1 heterocycles. The molecule has 0 aliphatic rings. The van der Waals surface area contributed by atoms with Gasteiger partial charge in [0, 0.05) is 36.2 Å². The lowest BCUT2D eigenvalue weighted by Gasteiger charge is -2.08. The third kappa shape index (κ3) is 3.83. The molecular weight excluding hydrogens is 278 g/mol. The number of rotatable bonds is 6. The summed E-state index contributed by atoms with van der Waals surface area (Å²) >= 11 is 0. The lowest BCUT2D eigenvalue weighted by atomic mass is 10.2. The van der Waals surface area contributed by atoms with Crippen LogP contribution in [0.4, 0.5) is 0 Å². The quantitative estimate of drug-likeness (QED) is 0.658. The van der Waals surface area contributed by atoms with Crippen molar-refractivity contribution in [3.63, 3.8) is 0 Å². The summed E-state index contributed by atoms with van der Waals surface area (Å²) in [5, 5.41) is 4.04. The van der Waals surface area contributed by atoms with Crippen molar-refractivity contribution in [1.82, 2.24) is 9.99 Å². The monoisotopic (exact) mass is 299 g/mol. The zero-order chi connectivity index (χ0) is 15.9. The lowest BCUT2D eigenvalue weighted by Crippen LogP contribution is -2.17. The molecule has 1 aromatic heterocycles. The Bertz CT molecular complexity index is 660. The summed E-state index contributed by atoms with van der Waals surface area (Å²) in [6.07, 6.45) is 1.67. The highest BCUT2D eigenvalue weighted by Gasteiger charge is 2.07. The Morgan fingerprint density at radius 1 is 1.32 bits per heavy atom. The number of carbonyl (C=O) groups is 1. The molecule has 0 spiro atoms.